The fourth-order valence-electron chi connectivity index (χ4n) is 1.18. The summed E-state index contributed by atoms with van der Waals surface area (Å²) < 4.78 is -1.42. The van der Waals surface area contributed by atoms with Crippen LogP contribution in [-0.2, 0) is 11.2 Å². The van der Waals surface area contributed by atoms with E-state index in [4.69, 9.17) is 10.8 Å². The third-order valence-electron chi connectivity index (χ3n) is 1.97. The first-order valence-corrected chi connectivity index (χ1v) is 6.48. The molecule has 0 bridgehead atoms. The van der Waals surface area contributed by atoms with Crippen LogP contribution in [0.5, 0.6) is 0 Å². The lowest BCUT2D eigenvalue weighted by Crippen LogP contribution is -2.43. The van der Waals surface area contributed by atoms with Crippen molar-refractivity contribution in [2.75, 3.05) is 0 Å². The second kappa shape index (κ2) is 5.41. The van der Waals surface area contributed by atoms with E-state index in [1.165, 1.54) is 0 Å². The lowest BCUT2D eigenvalue weighted by molar-refractivity contribution is -0.139. The van der Waals surface area contributed by atoms with Crippen molar-refractivity contribution in [1.29, 1.82) is 0 Å². The molecule has 16 heavy (non-hydrogen) atoms. The molecule has 0 aliphatic rings. The molecule has 1 aromatic rings. The highest BCUT2D eigenvalue weighted by atomic mass is 127. The first kappa shape index (κ1) is 13.8. The zero-order valence-corrected chi connectivity index (χ0v) is 12.4. The summed E-state index contributed by atoms with van der Waals surface area (Å²) >= 11 is 3.38. The molecule has 1 atom stereocenters. The molecule has 0 aromatic heterocycles. The average molecular weight is 445 g/mol. The van der Waals surface area contributed by atoms with E-state index >= 15 is 0 Å². The molecule has 0 aliphatic heterocycles. The van der Waals surface area contributed by atoms with Crippen LogP contribution in [0.1, 0.15) is 15.9 Å². The summed E-state index contributed by atoms with van der Waals surface area (Å²) in [5, 5.41) is 8.88. The Morgan fingerprint density at radius 1 is 1.44 bits per heavy atom. The molecule has 1 rings (SSSR count). The van der Waals surface area contributed by atoms with Crippen molar-refractivity contribution in [3.05, 3.63) is 35.4 Å². The molecule has 6 heteroatoms. The van der Waals surface area contributed by atoms with Gasteiger partial charge in [-0.1, -0.05) is 18.2 Å². The molecule has 1 aromatic carbocycles. The number of carboxylic acids is 1. The summed E-state index contributed by atoms with van der Waals surface area (Å²) in [6.45, 7) is 0. The normalized spacial score (nSPS) is 14.2. The topological polar surface area (TPSA) is 80.4 Å². The summed E-state index contributed by atoms with van der Waals surface area (Å²) in [5.74, 6) is -1.07. The van der Waals surface area contributed by atoms with E-state index < -0.39 is 9.51 Å². The number of rotatable bonds is 4. The number of halogens is 2. The van der Waals surface area contributed by atoms with Gasteiger partial charge in [-0.05, 0) is 34.2 Å². The number of carboxylic acid groups (broad SMARTS) is 1. The van der Waals surface area contributed by atoms with Crippen LogP contribution in [0.4, 0.5) is 0 Å². The summed E-state index contributed by atoms with van der Waals surface area (Å²) in [7, 11) is 0. The first-order chi connectivity index (χ1) is 7.33. The third kappa shape index (κ3) is 3.67. The van der Waals surface area contributed by atoms with E-state index in [1.54, 1.807) is 69.4 Å². The van der Waals surface area contributed by atoms with Crippen LogP contribution in [0.2, 0.25) is 0 Å². The van der Waals surface area contributed by atoms with Crippen LogP contribution in [0.3, 0.4) is 0 Å². The summed E-state index contributed by atoms with van der Waals surface area (Å²) in [5.41, 5.74) is 6.91. The number of alkyl halides is 1. The van der Waals surface area contributed by atoms with Crippen molar-refractivity contribution < 1.29 is 14.7 Å². The second-order valence-corrected chi connectivity index (χ2v) is 6.22. The summed E-state index contributed by atoms with van der Waals surface area (Å²) in [6, 6.07) is 6.82. The smallest absolute Gasteiger partial charge is 0.334 e. The van der Waals surface area contributed by atoms with Gasteiger partial charge < -0.3 is 10.8 Å². The number of hydrogen-bond acceptors (Lipinski definition) is 3. The number of hydrogen-bond donors (Lipinski definition) is 2. The zero-order chi connectivity index (χ0) is 12.3. The van der Waals surface area contributed by atoms with E-state index in [1.807, 2.05) is 0 Å². The third-order valence-corrected chi connectivity index (χ3v) is 3.44. The van der Waals surface area contributed by atoms with Crippen molar-refractivity contribution in [3.8, 4) is 0 Å². The highest BCUT2D eigenvalue weighted by Crippen LogP contribution is 2.20. The second-order valence-electron chi connectivity index (χ2n) is 3.32. The molecule has 0 radical (unpaired) electrons. The molecule has 0 heterocycles. The van der Waals surface area contributed by atoms with E-state index in [9.17, 15) is 9.59 Å². The maximum Gasteiger partial charge on any atom is 0.334 e. The van der Waals surface area contributed by atoms with Gasteiger partial charge in [-0.3, -0.25) is 4.79 Å². The Morgan fingerprint density at radius 3 is 2.56 bits per heavy atom. The molecule has 0 fully saturated rings. The maximum absolute atomic E-state index is 11.1. The van der Waals surface area contributed by atoms with Crippen LogP contribution in [-0.4, -0.2) is 18.4 Å². The monoisotopic (exact) mass is 445 g/mol. The molecule has 86 valence electrons. The Labute approximate surface area is 120 Å². The molecule has 4 nitrogen and oxygen atoms in total. The van der Waals surface area contributed by atoms with Gasteiger partial charge in [0.25, 0.3) is 0 Å². The van der Waals surface area contributed by atoms with Crippen LogP contribution in [0.15, 0.2) is 24.3 Å². The molecule has 3 N–H and O–H groups in total. The van der Waals surface area contributed by atoms with Gasteiger partial charge in [0.15, 0.2) is 3.55 Å². The standard InChI is InChI=1S/C10H9I2NO3/c11-8(14)7-3-1-2-6(4-7)5-10(12,13)9(15)16/h1-4H,5,13H2,(H,15,16). The highest BCUT2D eigenvalue weighted by Gasteiger charge is 2.30. The van der Waals surface area contributed by atoms with Crippen molar-refractivity contribution in [2.24, 2.45) is 5.73 Å². The van der Waals surface area contributed by atoms with Crippen molar-refractivity contribution in [3.63, 3.8) is 0 Å². The van der Waals surface area contributed by atoms with Crippen LogP contribution in [0.25, 0.3) is 0 Å². The quantitative estimate of drug-likeness (QED) is 0.322. The molecule has 0 spiro atoms. The van der Waals surface area contributed by atoms with Gasteiger partial charge in [-0.15, -0.1) is 0 Å². The average Bonchev–Trinajstić information content (AvgIpc) is 2.17. The lowest BCUT2D eigenvalue weighted by Gasteiger charge is -2.17. The van der Waals surface area contributed by atoms with E-state index in [0.717, 1.165) is 5.56 Å². The van der Waals surface area contributed by atoms with Gasteiger partial charge >= 0.3 is 5.97 Å². The van der Waals surface area contributed by atoms with Gasteiger partial charge in [0.2, 0.25) is 3.79 Å². The Kier molecular flexibility index (Phi) is 4.68. The Bertz CT molecular complexity index is 432. The molecule has 0 aliphatic carbocycles. The van der Waals surface area contributed by atoms with Gasteiger partial charge in [-0.25, -0.2) is 4.79 Å². The van der Waals surface area contributed by atoms with E-state index in [2.05, 4.69) is 0 Å². The van der Waals surface area contributed by atoms with Gasteiger partial charge in [-0.2, -0.15) is 0 Å². The molecule has 0 saturated carbocycles. The van der Waals surface area contributed by atoms with Crippen LogP contribution in [0, 0.1) is 0 Å². The number of carbonyl (C=O) groups is 2. The van der Waals surface area contributed by atoms with E-state index in [0.29, 0.717) is 5.56 Å². The van der Waals surface area contributed by atoms with Crippen molar-refractivity contribution in [1.82, 2.24) is 0 Å². The largest absolute Gasteiger partial charge is 0.479 e. The maximum atomic E-state index is 11.1. The minimum Gasteiger partial charge on any atom is -0.479 e. The number of aliphatic carboxylic acids is 1. The molecular weight excluding hydrogens is 436 g/mol. The predicted molar refractivity (Wildman–Crippen MR) is 77.1 cm³/mol. The van der Waals surface area contributed by atoms with Gasteiger partial charge in [0, 0.05) is 34.6 Å². The number of benzene rings is 1. The zero-order valence-electron chi connectivity index (χ0n) is 8.11. The lowest BCUT2D eigenvalue weighted by atomic mass is 10.0. The van der Waals surface area contributed by atoms with E-state index in [-0.39, 0.29) is 10.2 Å². The summed E-state index contributed by atoms with van der Waals surface area (Å²) in [6.07, 6.45) is 0.181. The summed E-state index contributed by atoms with van der Waals surface area (Å²) in [4.78, 5) is 22.0. The number of carbonyl (C=O) groups excluding carboxylic acids is 1. The molecule has 0 amide bonds. The Hall–Kier alpha value is -0.220. The fourth-order valence-corrected chi connectivity index (χ4v) is 1.95. The van der Waals surface area contributed by atoms with Crippen molar-refractivity contribution in [2.45, 2.75) is 9.97 Å². The molecular formula is C10H9I2NO3. The molecule has 0 saturated heterocycles. The Morgan fingerprint density at radius 2 is 2.06 bits per heavy atom. The predicted octanol–water partition coefficient (Wildman–Crippen LogP) is 1.98. The first-order valence-electron chi connectivity index (χ1n) is 4.33. The number of nitrogens with two attached hydrogens (primary N) is 1. The highest BCUT2D eigenvalue weighted by molar-refractivity contribution is 14.1. The minimum absolute atomic E-state index is 0.0779. The van der Waals surface area contributed by atoms with Crippen LogP contribution >= 0.6 is 45.2 Å². The van der Waals surface area contributed by atoms with Crippen molar-refractivity contribution >= 4 is 54.9 Å². The Balaban J connectivity index is 2.94. The SMILES string of the molecule is NC(I)(Cc1cccc(C(=O)I)c1)C(=O)O. The fraction of sp³-hybridized carbons (Fsp3) is 0.200. The van der Waals surface area contributed by atoms with Crippen LogP contribution < -0.4 is 5.73 Å². The minimum atomic E-state index is -1.34. The molecule has 1 unspecified atom stereocenters. The van der Waals surface area contributed by atoms with Gasteiger partial charge in [0.05, 0.1) is 0 Å². The van der Waals surface area contributed by atoms with Gasteiger partial charge in [0.1, 0.15) is 0 Å².